The summed E-state index contributed by atoms with van der Waals surface area (Å²) in [4.78, 5) is 10.4. The summed E-state index contributed by atoms with van der Waals surface area (Å²) in [6.45, 7) is 0. The normalized spacial score (nSPS) is 9.18. The van der Waals surface area contributed by atoms with Gasteiger partial charge in [-0.1, -0.05) is 0 Å². The Morgan fingerprint density at radius 3 is 2.36 bits per heavy atom. The zero-order valence-corrected chi connectivity index (χ0v) is 6.16. The number of benzene rings is 1. The maximum Gasteiger partial charge on any atom is 0.335 e. The van der Waals surface area contributed by atoms with Gasteiger partial charge in [-0.2, -0.15) is 0 Å². The first-order valence-electron chi connectivity index (χ1n) is 3.25. The Kier molecular flexibility index (Phi) is 2.11. The highest BCUT2D eigenvalue weighted by molar-refractivity contribution is 5.87. The Morgan fingerprint density at radius 2 is 2.00 bits per heavy atom. The quantitative estimate of drug-likeness (QED) is 0.679. The lowest BCUT2D eigenvalue weighted by Gasteiger charge is -1.98. The van der Waals surface area contributed by atoms with Crippen LogP contribution in [0.25, 0.3) is 0 Å². The predicted molar refractivity (Wildman–Crippen MR) is 45.1 cm³/mol. The molecule has 0 aliphatic rings. The molecule has 60 valence electrons. The van der Waals surface area contributed by atoms with Gasteiger partial charge < -0.3 is 10.4 Å². The van der Waals surface area contributed by atoms with Crippen molar-refractivity contribution >= 4 is 11.7 Å². The van der Waals surface area contributed by atoms with E-state index in [1.807, 2.05) is 0 Å². The fourth-order valence-corrected chi connectivity index (χ4v) is 0.779. The summed E-state index contributed by atoms with van der Waals surface area (Å²) < 4.78 is 0. The van der Waals surface area contributed by atoms with E-state index in [0.29, 0.717) is 5.56 Å². The van der Waals surface area contributed by atoms with Gasteiger partial charge >= 0.3 is 5.97 Å². The van der Waals surface area contributed by atoms with Gasteiger partial charge in [0, 0.05) is 14.2 Å². The molecule has 0 fully saturated rings. The number of anilines is 1. The summed E-state index contributed by atoms with van der Waals surface area (Å²) in [5.74, 6) is -0.896. The zero-order chi connectivity index (χ0) is 8.27. The second-order valence-electron chi connectivity index (χ2n) is 2.13. The number of hydrogen-bond acceptors (Lipinski definition) is 2. The average molecular weight is 153 g/mol. The first-order chi connectivity index (χ1) is 5.24. The molecular weight excluding hydrogens is 142 g/mol. The summed E-state index contributed by atoms with van der Waals surface area (Å²) >= 11 is 0. The highest BCUT2D eigenvalue weighted by Gasteiger charge is 1.99. The second-order valence-corrected chi connectivity index (χ2v) is 2.13. The molecule has 1 aromatic carbocycles. The number of hydrogen-bond donors (Lipinski definition) is 2. The van der Waals surface area contributed by atoms with E-state index in [-0.39, 0.29) is 1.43 Å². The minimum atomic E-state index is -0.896. The molecule has 0 unspecified atom stereocenters. The molecule has 0 radical (unpaired) electrons. The van der Waals surface area contributed by atoms with Crippen molar-refractivity contribution in [3.8, 4) is 0 Å². The maximum atomic E-state index is 10.4. The van der Waals surface area contributed by atoms with E-state index in [1.54, 1.807) is 31.3 Å². The van der Waals surface area contributed by atoms with Gasteiger partial charge in [-0.3, -0.25) is 0 Å². The summed E-state index contributed by atoms with van der Waals surface area (Å²) in [7, 11) is 1.79. The number of carbonyl (C=O) groups is 1. The third-order valence-electron chi connectivity index (χ3n) is 1.42. The van der Waals surface area contributed by atoms with E-state index in [9.17, 15) is 4.79 Å². The molecule has 0 aromatic heterocycles. The minimum Gasteiger partial charge on any atom is -0.478 e. The maximum absolute atomic E-state index is 10.4. The van der Waals surface area contributed by atoms with Crippen molar-refractivity contribution in [3.63, 3.8) is 0 Å². The Bertz CT molecular complexity index is 258. The lowest BCUT2D eigenvalue weighted by Crippen LogP contribution is -1.96. The first-order valence-corrected chi connectivity index (χ1v) is 3.25. The summed E-state index contributed by atoms with van der Waals surface area (Å²) in [6, 6.07) is 6.58. The number of carboxylic acids is 1. The van der Waals surface area contributed by atoms with Crippen LogP contribution >= 0.6 is 0 Å². The van der Waals surface area contributed by atoms with Crippen LogP contribution in [-0.4, -0.2) is 18.1 Å². The van der Waals surface area contributed by atoms with Gasteiger partial charge in [-0.15, -0.1) is 0 Å². The van der Waals surface area contributed by atoms with Crippen LogP contribution < -0.4 is 5.32 Å². The first kappa shape index (κ1) is 7.60. The number of carboxylic acid groups (broad SMARTS) is 1. The van der Waals surface area contributed by atoms with Gasteiger partial charge in [0.25, 0.3) is 0 Å². The number of rotatable bonds is 2. The van der Waals surface area contributed by atoms with Crippen LogP contribution in [0.3, 0.4) is 0 Å². The van der Waals surface area contributed by atoms with Crippen LogP contribution in [0.1, 0.15) is 11.8 Å². The van der Waals surface area contributed by atoms with Crippen LogP contribution in [-0.2, 0) is 0 Å². The van der Waals surface area contributed by atoms with Crippen molar-refractivity contribution in [3.05, 3.63) is 29.8 Å². The Hall–Kier alpha value is -1.51. The average Bonchev–Trinajstić information content (AvgIpc) is 2.05. The van der Waals surface area contributed by atoms with Gasteiger partial charge in [0.15, 0.2) is 0 Å². The molecule has 11 heavy (non-hydrogen) atoms. The number of aromatic carboxylic acids is 1. The minimum absolute atomic E-state index is 0. The van der Waals surface area contributed by atoms with Crippen LogP contribution in [0.5, 0.6) is 0 Å². The van der Waals surface area contributed by atoms with Crippen molar-refractivity contribution in [2.75, 3.05) is 12.4 Å². The Balaban J connectivity index is 0.00000121. The van der Waals surface area contributed by atoms with E-state index in [0.717, 1.165) is 5.69 Å². The van der Waals surface area contributed by atoms with Crippen LogP contribution in [0, 0.1) is 0 Å². The number of nitrogens with one attached hydrogen (secondary N) is 1. The van der Waals surface area contributed by atoms with Gasteiger partial charge in [-0.25, -0.2) is 4.79 Å². The van der Waals surface area contributed by atoms with E-state index >= 15 is 0 Å². The SMILES string of the molecule is CNc1ccc(C(=O)O)cc1.[HH]. The molecule has 0 aliphatic heterocycles. The van der Waals surface area contributed by atoms with Crippen LogP contribution in [0.2, 0.25) is 0 Å². The third-order valence-corrected chi connectivity index (χ3v) is 1.42. The molecule has 2 N–H and O–H groups in total. The lowest BCUT2D eigenvalue weighted by atomic mass is 10.2. The third kappa shape index (κ3) is 1.70. The zero-order valence-electron chi connectivity index (χ0n) is 6.16. The molecule has 0 heterocycles. The molecule has 3 nitrogen and oxygen atoms in total. The van der Waals surface area contributed by atoms with Gasteiger partial charge in [-0.05, 0) is 24.3 Å². The van der Waals surface area contributed by atoms with Crippen molar-refractivity contribution in [2.45, 2.75) is 0 Å². The molecule has 0 saturated carbocycles. The van der Waals surface area contributed by atoms with E-state index in [2.05, 4.69) is 5.32 Å². The molecule has 0 spiro atoms. The van der Waals surface area contributed by atoms with Crippen LogP contribution in [0.15, 0.2) is 24.3 Å². The van der Waals surface area contributed by atoms with Gasteiger partial charge in [0.2, 0.25) is 0 Å². The van der Waals surface area contributed by atoms with Crippen molar-refractivity contribution in [2.24, 2.45) is 0 Å². The standard InChI is InChI=1S/C8H9NO2.H2/c1-9-7-4-2-6(3-5-7)8(10)11;/h2-5,9H,1H3,(H,10,11);1H. The smallest absolute Gasteiger partial charge is 0.335 e. The fourth-order valence-electron chi connectivity index (χ4n) is 0.779. The van der Waals surface area contributed by atoms with E-state index in [4.69, 9.17) is 5.11 Å². The highest BCUT2D eigenvalue weighted by Crippen LogP contribution is 2.07. The van der Waals surface area contributed by atoms with Crippen molar-refractivity contribution in [1.29, 1.82) is 0 Å². The monoisotopic (exact) mass is 153 g/mol. The Morgan fingerprint density at radius 1 is 1.45 bits per heavy atom. The summed E-state index contributed by atoms with van der Waals surface area (Å²) in [6.07, 6.45) is 0. The molecule has 3 heteroatoms. The van der Waals surface area contributed by atoms with Crippen molar-refractivity contribution < 1.29 is 11.3 Å². The topological polar surface area (TPSA) is 49.3 Å². The second kappa shape index (κ2) is 3.05. The molecule has 0 aliphatic carbocycles. The highest BCUT2D eigenvalue weighted by atomic mass is 16.4. The largest absolute Gasteiger partial charge is 0.478 e. The molecule has 1 rings (SSSR count). The summed E-state index contributed by atoms with van der Waals surface area (Å²) in [5, 5.41) is 11.4. The molecule has 1 aromatic rings. The lowest BCUT2D eigenvalue weighted by molar-refractivity contribution is 0.0697. The van der Waals surface area contributed by atoms with Gasteiger partial charge in [0.05, 0.1) is 5.56 Å². The molecule has 0 saturated heterocycles. The molecule has 0 amide bonds. The van der Waals surface area contributed by atoms with Crippen LogP contribution in [0.4, 0.5) is 5.69 Å². The molecular formula is C8H11NO2. The summed E-state index contributed by atoms with van der Waals surface area (Å²) in [5.41, 5.74) is 1.22. The van der Waals surface area contributed by atoms with E-state index < -0.39 is 5.97 Å². The van der Waals surface area contributed by atoms with Gasteiger partial charge in [0.1, 0.15) is 0 Å². The molecule has 0 bridgehead atoms. The van der Waals surface area contributed by atoms with E-state index in [1.165, 1.54) is 0 Å². The van der Waals surface area contributed by atoms with Crippen molar-refractivity contribution in [1.82, 2.24) is 0 Å². The fraction of sp³-hybridized carbons (Fsp3) is 0.125. The Labute approximate surface area is 66.2 Å². The molecule has 0 atom stereocenters. The predicted octanol–water partition coefficient (Wildman–Crippen LogP) is 1.67.